The fourth-order valence-corrected chi connectivity index (χ4v) is 5.47. The van der Waals surface area contributed by atoms with E-state index < -0.39 is 6.43 Å². The summed E-state index contributed by atoms with van der Waals surface area (Å²) in [7, 11) is 0. The van der Waals surface area contributed by atoms with Crippen molar-refractivity contribution in [1.82, 2.24) is 15.1 Å². The number of piperidine rings is 2. The summed E-state index contributed by atoms with van der Waals surface area (Å²) in [5, 5.41) is 3.05. The smallest absolute Gasteiger partial charge is 0.265 e. The Morgan fingerprint density at radius 1 is 1.06 bits per heavy atom. The molecule has 9 heteroatoms. The number of rotatable bonds is 8. The van der Waals surface area contributed by atoms with E-state index in [0.29, 0.717) is 36.6 Å². The van der Waals surface area contributed by atoms with Gasteiger partial charge in [0, 0.05) is 37.1 Å². The topological polar surface area (TPSA) is 61.9 Å². The fraction of sp³-hybridized carbons (Fsp3) is 0.520. The Kier molecular flexibility index (Phi) is 8.50. The maximum absolute atomic E-state index is 13.2. The largest absolute Gasteiger partial charge is 0.482 e. The number of carbonyl (C=O) groups is 2. The molecule has 0 aliphatic carbocycles. The maximum atomic E-state index is 13.2. The first-order valence-corrected chi connectivity index (χ1v) is 12.7. The molecule has 0 bridgehead atoms. The first kappa shape index (κ1) is 24.6. The minimum Gasteiger partial charge on any atom is -0.482 e. The van der Waals surface area contributed by atoms with Crippen LogP contribution in [0.25, 0.3) is 10.4 Å². The van der Waals surface area contributed by atoms with E-state index in [1.807, 2.05) is 41.3 Å². The molecule has 6 nitrogen and oxygen atoms in total. The van der Waals surface area contributed by atoms with Crippen LogP contribution in [0.3, 0.4) is 0 Å². The highest BCUT2D eigenvalue weighted by atomic mass is 32.1. The Morgan fingerprint density at radius 2 is 1.76 bits per heavy atom. The SMILES string of the molecule is O=C(NC1CCN(CC(F)F)CC1)c1sc(-c2ccccc2)cc1OCC(=O)N1CCCCC1. The zero-order chi connectivity index (χ0) is 23.9. The van der Waals surface area contributed by atoms with Gasteiger partial charge in [0.05, 0.1) is 6.54 Å². The van der Waals surface area contributed by atoms with Crippen LogP contribution in [-0.4, -0.2) is 73.4 Å². The van der Waals surface area contributed by atoms with E-state index in [2.05, 4.69) is 5.32 Å². The lowest BCUT2D eigenvalue weighted by molar-refractivity contribution is -0.134. The number of thiophene rings is 1. The van der Waals surface area contributed by atoms with Crippen LogP contribution in [0, 0.1) is 0 Å². The van der Waals surface area contributed by atoms with Crippen molar-refractivity contribution in [3.8, 4) is 16.2 Å². The highest BCUT2D eigenvalue weighted by Gasteiger charge is 2.26. The number of nitrogens with one attached hydrogen (secondary N) is 1. The summed E-state index contributed by atoms with van der Waals surface area (Å²) in [6.07, 6.45) is 2.05. The Labute approximate surface area is 202 Å². The number of benzene rings is 1. The van der Waals surface area contributed by atoms with Crippen molar-refractivity contribution in [2.24, 2.45) is 0 Å². The van der Waals surface area contributed by atoms with Crippen molar-refractivity contribution in [3.63, 3.8) is 0 Å². The number of hydrogen-bond donors (Lipinski definition) is 1. The molecular formula is C25H31F2N3O3S. The third-order valence-electron chi connectivity index (χ3n) is 6.34. The van der Waals surface area contributed by atoms with Crippen molar-refractivity contribution in [2.75, 3.05) is 39.3 Å². The predicted molar refractivity (Wildman–Crippen MR) is 129 cm³/mol. The van der Waals surface area contributed by atoms with Gasteiger partial charge in [-0.25, -0.2) is 8.78 Å². The molecular weight excluding hydrogens is 460 g/mol. The number of alkyl halides is 2. The average Bonchev–Trinajstić information content (AvgIpc) is 3.29. The molecule has 0 atom stereocenters. The third kappa shape index (κ3) is 6.54. The molecule has 2 aliphatic heterocycles. The number of nitrogens with zero attached hydrogens (tertiary/aromatic N) is 2. The lowest BCUT2D eigenvalue weighted by Crippen LogP contribution is -2.45. The number of carbonyl (C=O) groups excluding carboxylic acids is 2. The lowest BCUT2D eigenvalue weighted by Gasteiger charge is -2.32. The van der Waals surface area contributed by atoms with Crippen LogP contribution in [0.15, 0.2) is 36.4 Å². The first-order valence-electron chi connectivity index (χ1n) is 11.9. The second kappa shape index (κ2) is 11.8. The van der Waals surface area contributed by atoms with Crippen LogP contribution in [-0.2, 0) is 4.79 Å². The molecule has 0 unspecified atom stereocenters. The van der Waals surface area contributed by atoms with Gasteiger partial charge in [0.25, 0.3) is 18.2 Å². The molecule has 2 fully saturated rings. The summed E-state index contributed by atoms with van der Waals surface area (Å²) in [6.45, 7) is 2.23. The van der Waals surface area contributed by atoms with Gasteiger partial charge >= 0.3 is 0 Å². The number of amides is 2. The minimum absolute atomic E-state index is 0.0649. The zero-order valence-electron chi connectivity index (χ0n) is 19.2. The van der Waals surface area contributed by atoms with Crippen molar-refractivity contribution < 1.29 is 23.1 Å². The molecule has 34 heavy (non-hydrogen) atoms. The van der Waals surface area contributed by atoms with E-state index in [9.17, 15) is 18.4 Å². The van der Waals surface area contributed by atoms with E-state index in [1.54, 1.807) is 4.90 Å². The van der Waals surface area contributed by atoms with Gasteiger partial charge in [0.1, 0.15) is 10.6 Å². The van der Waals surface area contributed by atoms with Crippen molar-refractivity contribution in [3.05, 3.63) is 41.3 Å². The van der Waals surface area contributed by atoms with E-state index in [1.165, 1.54) is 11.3 Å². The lowest BCUT2D eigenvalue weighted by atomic mass is 10.0. The molecule has 2 saturated heterocycles. The Bertz CT molecular complexity index is 956. The van der Waals surface area contributed by atoms with Gasteiger partial charge in [0.15, 0.2) is 6.61 Å². The summed E-state index contributed by atoms with van der Waals surface area (Å²) in [6, 6.07) is 11.5. The normalized spacial score (nSPS) is 17.7. The third-order valence-corrected chi connectivity index (χ3v) is 7.51. The van der Waals surface area contributed by atoms with Crippen molar-refractivity contribution in [1.29, 1.82) is 0 Å². The van der Waals surface area contributed by atoms with E-state index in [-0.39, 0.29) is 31.0 Å². The summed E-state index contributed by atoms with van der Waals surface area (Å²) < 4.78 is 31.2. The van der Waals surface area contributed by atoms with Crippen LogP contribution in [0.5, 0.6) is 5.75 Å². The number of hydrogen-bond acceptors (Lipinski definition) is 5. The van der Waals surface area contributed by atoms with Gasteiger partial charge in [-0.3, -0.25) is 14.5 Å². The molecule has 1 N–H and O–H groups in total. The zero-order valence-corrected chi connectivity index (χ0v) is 20.0. The molecule has 184 valence electrons. The van der Waals surface area contributed by atoms with Gasteiger partial charge in [0.2, 0.25) is 0 Å². The molecule has 2 aliphatic rings. The molecule has 1 aromatic heterocycles. The van der Waals surface area contributed by atoms with Crippen molar-refractivity contribution in [2.45, 2.75) is 44.6 Å². The van der Waals surface area contributed by atoms with Gasteiger partial charge in [-0.2, -0.15) is 0 Å². The van der Waals surface area contributed by atoms with Crippen molar-refractivity contribution >= 4 is 23.2 Å². The summed E-state index contributed by atoms with van der Waals surface area (Å²) in [5.74, 6) is 0.0895. The second-order valence-electron chi connectivity index (χ2n) is 8.84. The number of halogens is 2. The Hall–Kier alpha value is -2.52. The van der Waals surface area contributed by atoms with E-state index in [4.69, 9.17) is 4.74 Å². The summed E-state index contributed by atoms with van der Waals surface area (Å²) in [4.78, 5) is 30.6. The molecule has 2 amide bonds. The highest BCUT2D eigenvalue weighted by Crippen LogP contribution is 2.36. The summed E-state index contributed by atoms with van der Waals surface area (Å²) in [5.41, 5.74) is 0.971. The standard InChI is InChI=1S/C25H31F2N3O3S/c26-22(27)16-29-13-9-19(10-14-29)28-25(32)24-20(15-21(34-24)18-7-3-1-4-8-18)33-17-23(31)30-11-5-2-6-12-30/h1,3-4,7-8,15,19,22H,2,5-6,9-14,16-17H2,(H,28,32). The van der Waals surface area contributed by atoms with Crippen LogP contribution in [0.1, 0.15) is 41.8 Å². The van der Waals surface area contributed by atoms with Gasteiger partial charge in [-0.1, -0.05) is 30.3 Å². The van der Waals surface area contributed by atoms with Gasteiger partial charge in [-0.15, -0.1) is 11.3 Å². The first-order chi connectivity index (χ1) is 16.5. The maximum Gasteiger partial charge on any atom is 0.265 e. The van der Waals surface area contributed by atoms with Crippen LogP contribution >= 0.6 is 11.3 Å². The molecule has 1 aromatic carbocycles. The van der Waals surface area contributed by atoms with E-state index >= 15 is 0 Å². The Balaban J connectivity index is 1.43. The van der Waals surface area contributed by atoms with Gasteiger partial charge in [-0.05, 0) is 43.7 Å². The summed E-state index contributed by atoms with van der Waals surface area (Å²) >= 11 is 1.33. The fourth-order valence-electron chi connectivity index (χ4n) is 4.46. The Morgan fingerprint density at radius 3 is 2.44 bits per heavy atom. The molecule has 2 aromatic rings. The van der Waals surface area contributed by atoms with Crippen LogP contribution < -0.4 is 10.1 Å². The monoisotopic (exact) mass is 491 g/mol. The average molecular weight is 492 g/mol. The van der Waals surface area contributed by atoms with E-state index in [0.717, 1.165) is 42.8 Å². The number of likely N-dealkylation sites (tertiary alicyclic amines) is 2. The molecule has 4 rings (SSSR count). The predicted octanol–water partition coefficient (Wildman–Crippen LogP) is 4.27. The molecule has 0 radical (unpaired) electrons. The molecule has 0 spiro atoms. The highest BCUT2D eigenvalue weighted by molar-refractivity contribution is 7.17. The quantitative estimate of drug-likeness (QED) is 0.599. The minimum atomic E-state index is -2.35. The molecule has 3 heterocycles. The van der Waals surface area contributed by atoms with Gasteiger partial charge < -0.3 is 15.0 Å². The van der Waals surface area contributed by atoms with Crippen LogP contribution in [0.4, 0.5) is 8.78 Å². The number of ether oxygens (including phenoxy) is 1. The molecule has 0 saturated carbocycles. The van der Waals surface area contributed by atoms with Crippen LogP contribution in [0.2, 0.25) is 0 Å². The second-order valence-corrected chi connectivity index (χ2v) is 9.89.